The van der Waals surface area contributed by atoms with Crippen molar-refractivity contribution < 1.29 is 0 Å². The zero-order valence-corrected chi connectivity index (χ0v) is 8.75. The van der Waals surface area contributed by atoms with Gasteiger partial charge in [0.1, 0.15) is 5.84 Å². The summed E-state index contributed by atoms with van der Waals surface area (Å²) < 4.78 is 0. The molecule has 0 amide bonds. The van der Waals surface area contributed by atoms with Crippen molar-refractivity contribution in [2.24, 2.45) is 5.73 Å². The Morgan fingerprint density at radius 2 is 2.15 bits per heavy atom. The first-order chi connectivity index (χ1) is 6.02. The number of hydrogen-bond acceptors (Lipinski definition) is 3. The van der Waals surface area contributed by atoms with Crippen molar-refractivity contribution in [3.63, 3.8) is 0 Å². The van der Waals surface area contributed by atoms with Gasteiger partial charge in [-0.15, -0.1) is 0 Å². The lowest BCUT2D eigenvalue weighted by Crippen LogP contribution is -2.55. The molecule has 1 aliphatic heterocycles. The van der Waals surface area contributed by atoms with Gasteiger partial charge in [0.05, 0.1) is 6.04 Å². The second kappa shape index (κ2) is 4.07. The number of nitrogens with one attached hydrogen (secondary N) is 1. The molecular weight excluding hydrogens is 164 g/mol. The summed E-state index contributed by atoms with van der Waals surface area (Å²) in [6, 6.07) is 0.659. The van der Waals surface area contributed by atoms with Crippen LogP contribution in [-0.2, 0) is 0 Å². The summed E-state index contributed by atoms with van der Waals surface area (Å²) in [6.07, 6.45) is 0. The third kappa shape index (κ3) is 2.42. The second-order valence-electron chi connectivity index (χ2n) is 3.96. The van der Waals surface area contributed by atoms with Gasteiger partial charge in [-0.25, -0.2) is 0 Å². The van der Waals surface area contributed by atoms with Crippen LogP contribution in [0.25, 0.3) is 0 Å². The van der Waals surface area contributed by atoms with Gasteiger partial charge in [-0.3, -0.25) is 10.3 Å². The third-order valence-electron chi connectivity index (χ3n) is 2.99. The molecule has 4 nitrogen and oxygen atoms in total. The Morgan fingerprint density at radius 3 is 2.62 bits per heavy atom. The van der Waals surface area contributed by atoms with Gasteiger partial charge in [0.25, 0.3) is 0 Å². The Morgan fingerprint density at radius 1 is 1.54 bits per heavy atom. The van der Waals surface area contributed by atoms with E-state index in [2.05, 4.69) is 23.8 Å². The molecule has 0 aromatic rings. The Balaban J connectivity index is 2.50. The van der Waals surface area contributed by atoms with Crippen LogP contribution in [0, 0.1) is 5.41 Å². The monoisotopic (exact) mass is 184 g/mol. The minimum absolute atomic E-state index is 0.0937. The first kappa shape index (κ1) is 10.5. The zero-order chi connectivity index (χ0) is 10.0. The van der Waals surface area contributed by atoms with Crippen molar-refractivity contribution in [3.05, 3.63) is 0 Å². The van der Waals surface area contributed by atoms with Crippen molar-refractivity contribution in [1.82, 2.24) is 9.80 Å². The van der Waals surface area contributed by atoms with Gasteiger partial charge in [-0.05, 0) is 20.9 Å². The van der Waals surface area contributed by atoms with E-state index in [0.717, 1.165) is 19.6 Å². The molecular formula is C9H20N4. The van der Waals surface area contributed by atoms with Crippen LogP contribution in [0.3, 0.4) is 0 Å². The first-order valence-electron chi connectivity index (χ1n) is 4.80. The van der Waals surface area contributed by atoms with E-state index < -0.39 is 0 Å². The number of likely N-dealkylation sites (N-methyl/N-ethyl adjacent to an activating group) is 1. The van der Waals surface area contributed by atoms with Gasteiger partial charge in [-0.2, -0.15) is 0 Å². The van der Waals surface area contributed by atoms with Crippen LogP contribution in [0.4, 0.5) is 0 Å². The molecule has 1 heterocycles. The molecule has 0 bridgehead atoms. The smallest absolute Gasteiger partial charge is 0.108 e. The minimum Gasteiger partial charge on any atom is -0.386 e. The SMILES string of the molecule is CC1CN(C(C)C(=N)N)CCN1C. The lowest BCUT2D eigenvalue weighted by atomic mass is 10.1. The normalized spacial score (nSPS) is 28.7. The van der Waals surface area contributed by atoms with Gasteiger partial charge in [-0.1, -0.05) is 0 Å². The van der Waals surface area contributed by atoms with E-state index in [-0.39, 0.29) is 11.9 Å². The van der Waals surface area contributed by atoms with Crippen LogP contribution < -0.4 is 5.73 Å². The third-order valence-corrected chi connectivity index (χ3v) is 2.99. The highest BCUT2D eigenvalue weighted by atomic mass is 15.3. The maximum Gasteiger partial charge on any atom is 0.108 e. The van der Waals surface area contributed by atoms with Crippen LogP contribution >= 0.6 is 0 Å². The average Bonchev–Trinajstić information content (AvgIpc) is 2.08. The first-order valence-corrected chi connectivity index (χ1v) is 4.80. The van der Waals surface area contributed by atoms with Gasteiger partial charge < -0.3 is 10.6 Å². The summed E-state index contributed by atoms with van der Waals surface area (Å²) in [5, 5.41) is 7.38. The maximum atomic E-state index is 7.38. The van der Waals surface area contributed by atoms with E-state index in [9.17, 15) is 0 Å². The maximum absolute atomic E-state index is 7.38. The molecule has 13 heavy (non-hydrogen) atoms. The standard InChI is InChI=1S/C9H20N4/c1-7-6-13(5-4-12(7)3)8(2)9(10)11/h7-8H,4-6H2,1-3H3,(H3,10,11). The number of nitrogens with zero attached hydrogens (tertiary/aromatic N) is 2. The predicted molar refractivity (Wildman–Crippen MR) is 55.0 cm³/mol. The predicted octanol–water partition coefficient (Wildman–Crippen LogP) is -0.0532. The van der Waals surface area contributed by atoms with E-state index in [4.69, 9.17) is 11.1 Å². The Kier molecular flexibility index (Phi) is 3.27. The largest absolute Gasteiger partial charge is 0.386 e. The van der Waals surface area contributed by atoms with Gasteiger partial charge in [0.2, 0.25) is 0 Å². The van der Waals surface area contributed by atoms with Gasteiger partial charge >= 0.3 is 0 Å². The molecule has 0 saturated carbocycles. The molecule has 0 aromatic heterocycles. The molecule has 1 fully saturated rings. The van der Waals surface area contributed by atoms with Crippen LogP contribution in [0.5, 0.6) is 0 Å². The second-order valence-corrected chi connectivity index (χ2v) is 3.96. The summed E-state index contributed by atoms with van der Waals surface area (Å²) in [6.45, 7) is 7.30. The van der Waals surface area contributed by atoms with Crippen molar-refractivity contribution in [1.29, 1.82) is 5.41 Å². The number of hydrogen-bond donors (Lipinski definition) is 2. The van der Waals surface area contributed by atoms with E-state index in [1.54, 1.807) is 0 Å². The number of piperazine rings is 1. The zero-order valence-electron chi connectivity index (χ0n) is 8.75. The Hall–Kier alpha value is -0.610. The number of rotatable bonds is 2. The molecule has 2 unspecified atom stereocenters. The fourth-order valence-corrected chi connectivity index (χ4v) is 1.63. The quantitative estimate of drug-likeness (QED) is 0.467. The molecule has 1 aliphatic rings. The summed E-state index contributed by atoms with van der Waals surface area (Å²) in [7, 11) is 2.14. The van der Waals surface area contributed by atoms with Gasteiger partial charge in [0.15, 0.2) is 0 Å². The molecule has 4 heteroatoms. The van der Waals surface area contributed by atoms with Crippen LogP contribution in [0.2, 0.25) is 0 Å². The molecule has 1 saturated heterocycles. The Labute approximate surface area is 80.2 Å². The van der Waals surface area contributed by atoms with Crippen LogP contribution in [-0.4, -0.2) is 54.4 Å². The van der Waals surface area contributed by atoms with Crippen molar-refractivity contribution in [2.45, 2.75) is 25.9 Å². The molecule has 0 aromatic carbocycles. The summed E-state index contributed by atoms with van der Waals surface area (Å²) >= 11 is 0. The molecule has 2 atom stereocenters. The lowest BCUT2D eigenvalue weighted by Gasteiger charge is -2.40. The lowest BCUT2D eigenvalue weighted by molar-refractivity contribution is 0.0954. The van der Waals surface area contributed by atoms with Crippen molar-refractivity contribution in [2.75, 3.05) is 26.7 Å². The minimum atomic E-state index is 0.0937. The Bertz CT molecular complexity index is 192. The molecule has 3 N–H and O–H groups in total. The molecule has 0 radical (unpaired) electrons. The highest BCUT2D eigenvalue weighted by Crippen LogP contribution is 2.09. The highest BCUT2D eigenvalue weighted by Gasteiger charge is 2.25. The van der Waals surface area contributed by atoms with E-state index >= 15 is 0 Å². The van der Waals surface area contributed by atoms with Crippen molar-refractivity contribution >= 4 is 5.84 Å². The molecule has 0 aliphatic carbocycles. The van der Waals surface area contributed by atoms with Crippen LogP contribution in [0.1, 0.15) is 13.8 Å². The van der Waals surface area contributed by atoms with E-state index in [0.29, 0.717) is 6.04 Å². The van der Waals surface area contributed by atoms with Crippen molar-refractivity contribution in [3.8, 4) is 0 Å². The summed E-state index contributed by atoms with van der Waals surface area (Å²) in [4.78, 5) is 4.61. The summed E-state index contributed by atoms with van der Waals surface area (Å²) in [5.41, 5.74) is 5.47. The highest BCUT2D eigenvalue weighted by molar-refractivity contribution is 5.82. The molecule has 76 valence electrons. The van der Waals surface area contributed by atoms with E-state index in [1.807, 2.05) is 6.92 Å². The van der Waals surface area contributed by atoms with Gasteiger partial charge in [0, 0.05) is 25.7 Å². The fourth-order valence-electron chi connectivity index (χ4n) is 1.63. The number of nitrogens with two attached hydrogens (primary N) is 1. The fraction of sp³-hybridized carbons (Fsp3) is 0.889. The number of amidine groups is 1. The van der Waals surface area contributed by atoms with E-state index in [1.165, 1.54) is 0 Å². The topological polar surface area (TPSA) is 56.4 Å². The summed E-state index contributed by atoms with van der Waals surface area (Å²) in [5.74, 6) is 0.275. The molecule has 1 rings (SSSR count). The van der Waals surface area contributed by atoms with Crippen LogP contribution in [0.15, 0.2) is 0 Å². The molecule has 0 spiro atoms. The average molecular weight is 184 g/mol.